The number of nitrogens with zero attached hydrogens (tertiary/aromatic N) is 4. The molecule has 5 rings (SSSR count). The third-order valence-electron chi connectivity index (χ3n) is 9.49. The number of nitrogens with one attached hydrogen (secondary N) is 2. The first-order valence-corrected chi connectivity index (χ1v) is 14.1. The van der Waals surface area contributed by atoms with Gasteiger partial charge in [-0.2, -0.15) is 4.98 Å². The molecule has 0 radical (unpaired) electrons. The van der Waals surface area contributed by atoms with Gasteiger partial charge in [0.15, 0.2) is 0 Å². The largest absolute Gasteiger partial charge is 0.390 e. The van der Waals surface area contributed by atoms with Crippen LogP contribution in [-0.2, 0) is 0 Å². The molecule has 0 bridgehead atoms. The minimum absolute atomic E-state index is 0.235. The van der Waals surface area contributed by atoms with Gasteiger partial charge >= 0.3 is 0 Å². The maximum absolute atomic E-state index is 10.9. The van der Waals surface area contributed by atoms with Crippen LogP contribution in [0, 0.1) is 36.5 Å². The number of rotatable bonds is 7. The number of aryl methyl sites for hydroxylation is 2. The van der Waals surface area contributed by atoms with E-state index in [0.717, 1.165) is 38.7 Å². The standard InChI is InChI=1S/C28H40N6O3S/c1-13-19(24-33-20-14(2)29-10-9-17(20)38-24)23(32-16-11-15(28(7,8)37)21(35)22(16)36)34-25(31-13)30-12-18-26(3,4)27(18,5)6/h9-10,15-16,18,21-22,35-37H,11-12H2,1-8H3,(H2,30,31,32,34)/t15-,16+,21+,22-/m0/s1. The van der Waals surface area contributed by atoms with Crippen LogP contribution in [0.25, 0.3) is 20.8 Å². The van der Waals surface area contributed by atoms with Crippen molar-refractivity contribution in [3.8, 4) is 10.6 Å². The van der Waals surface area contributed by atoms with Gasteiger partial charge in [-0.05, 0) is 56.9 Å². The highest BCUT2D eigenvalue weighted by molar-refractivity contribution is 7.21. The molecule has 0 unspecified atom stereocenters. The van der Waals surface area contributed by atoms with E-state index < -0.39 is 29.8 Å². The lowest BCUT2D eigenvalue weighted by Gasteiger charge is -2.28. The van der Waals surface area contributed by atoms with Gasteiger partial charge in [0.1, 0.15) is 22.4 Å². The molecule has 2 aliphatic carbocycles. The quantitative estimate of drug-likeness (QED) is 0.299. The van der Waals surface area contributed by atoms with Crippen molar-refractivity contribution in [3.63, 3.8) is 0 Å². The molecule has 3 aromatic rings. The fourth-order valence-corrected chi connectivity index (χ4v) is 7.30. The van der Waals surface area contributed by atoms with Crippen molar-refractivity contribution in [2.45, 2.75) is 85.7 Å². The number of hydrogen-bond donors (Lipinski definition) is 5. The van der Waals surface area contributed by atoms with Crippen LogP contribution >= 0.6 is 11.3 Å². The van der Waals surface area contributed by atoms with Gasteiger partial charge < -0.3 is 26.0 Å². The second-order valence-corrected chi connectivity index (χ2v) is 13.8. The minimum atomic E-state index is -1.13. The molecule has 0 aromatic carbocycles. The summed E-state index contributed by atoms with van der Waals surface area (Å²) in [7, 11) is 0. The van der Waals surface area contributed by atoms with Crippen molar-refractivity contribution >= 4 is 33.3 Å². The van der Waals surface area contributed by atoms with Gasteiger partial charge in [0.25, 0.3) is 0 Å². The van der Waals surface area contributed by atoms with Crippen LogP contribution in [0.3, 0.4) is 0 Å². The van der Waals surface area contributed by atoms with Gasteiger partial charge in [0.2, 0.25) is 5.95 Å². The molecule has 206 valence electrons. The first-order chi connectivity index (χ1) is 17.6. The third kappa shape index (κ3) is 4.45. The van der Waals surface area contributed by atoms with E-state index in [2.05, 4.69) is 43.3 Å². The van der Waals surface area contributed by atoms with Crippen LogP contribution in [-0.4, -0.2) is 65.7 Å². The Morgan fingerprint density at radius 3 is 2.29 bits per heavy atom. The van der Waals surface area contributed by atoms with Crippen LogP contribution in [0.4, 0.5) is 11.8 Å². The zero-order valence-corrected chi connectivity index (χ0v) is 24.3. The summed E-state index contributed by atoms with van der Waals surface area (Å²) >= 11 is 1.55. The molecular weight excluding hydrogens is 500 g/mol. The lowest BCUT2D eigenvalue weighted by Crippen LogP contribution is -2.40. The molecule has 5 N–H and O–H groups in total. The highest BCUT2D eigenvalue weighted by Gasteiger charge is 2.64. The maximum Gasteiger partial charge on any atom is 0.224 e. The molecule has 2 saturated carbocycles. The highest BCUT2D eigenvalue weighted by Crippen LogP contribution is 2.68. The van der Waals surface area contributed by atoms with Gasteiger partial charge in [-0.1, -0.05) is 27.7 Å². The fraction of sp³-hybridized carbons (Fsp3) is 0.643. The predicted molar refractivity (Wildman–Crippen MR) is 151 cm³/mol. The van der Waals surface area contributed by atoms with Gasteiger partial charge in [-0.25, -0.2) is 9.97 Å². The van der Waals surface area contributed by atoms with Gasteiger partial charge in [-0.15, -0.1) is 11.3 Å². The lowest BCUT2D eigenvalue weighted by atomic mass is 9.88. The Labute approximate surface area is 228 Å². The molecule has 0 amide bonds. The molecular formula is C28H40N6O3S. The summed E-state index contributed by atoms with van der Waals surface area (Å²) in [6.45, 7) is 17.1. The summed E-state index contributed by atoms with van der Waals surface area (Å²) in [6.07, 6.45) is 0.0702. The van der Waals surface area contributed by atoms with E-state index in [9.17, 15) is 15.3 Å². The molecule has 0 spiro atoms. The molecule has 9 nitrogen and oxygen atoms in total. The number of pyridine rings is 1. The van der Waals surface area contributed by atoms with E-state index in [-0.39, 0.29) is 10.8 Å². The summed E-state index contributed by atoms with van der Waals surface area (Å²) < 4.78 is 1.02. The van der Waals surface area contributed by atoms with Crippen molar-refractivity contribution in [2.75, 3.05) is 17.2 Å². The second kappa shape index (κ2) is 9.08. The van der Waals surface area contributed by atoms with Crippen molar-refractivity contribution in [2.24, 2.45) is 22.7 Å². The second-order valence-electron chi connectivity index (χ2n) is 12.7. The Hall–Kier alpha value is -2.40. The molecule has 0 aliphatic heterocycles. The number of anilines is 2. The summed E-state index contributed by atoms with van der Waals surface area (Å²) in [5.41, 5.74) is 2.56. The predicted octanol–water partition coefficient (Wildman–Crippen LogP) is 4.15. The smallest absolute Gasteiger partial charge is 0.224 e. The zero-order chi connectivity index (χ0) is 27.8. The average molecular weight is 541 g/mol. The third-order valence-corrected chi connectivity index (χ3v) is 10.5. The van der Waals surface area contributed by atoms with E-state index in [4.69, 9.17) is 15.0 Å². The summed E-state index contributed by atoms with van der Waals surface area (Å²) in [5.74, 6) is 1.08. The minimum Gasteiger partial charge on any atom is -0.390 e. The maximum atomic E-state index is 10.9. The lowest BCUT2D eigenvalue weighted by molar-refractivity contribution is -0.0601. The fourth-order valence-electron chi connectivity index (χ4n) is 6.19. The number of thiazole rings is 1. The van der Waals surface area contributed by atoms with Gasteiger partial charge in [0, 0.05) is 18.7 Å². The molecule has 2 fully saturated rings. The molecule has 3 aromatic heterocycles. The van der Waals surface area contributed by atoms with E-state index in [1.807, 2.05) is 19.9 Å². The van der Waals surface area contributed by atoms with Crippen molar-refractivity contribution in [1.82, 2.24) is 19.9 Å². The Balaban J connectivity index is 1.51. The van der Waals surface area contributed by atoms with Crippen LogP contribution in [0.1, 0.15) is 59.4 Å². The zero-order valence-electron chi connectivity index (χ0n) is 23.5. The Morgan fingerprint density at radius 2 is 1.71 bits per heavy atom. The Bertz CT molecular complexity index is 1350. The number of aliphatic hydroxyl groups is 3. The SMILES string of the molecule is Cc1nc(NCC2C(C)(C)C2(C)C)nc(N[C@@H]2C[C@H](C(C)(C)O)[C@@H](O)[C@H]2O)c1-c1nc2c(C)nccc2s1. The number of aromatic nitrogens is 4. The van der Waals surface area contributed by atoms with Crippen molar-refractivity contribution < 1.29 is 15.3 Å². The van der Waals surface area contributed by atoms with Crippen LogP contribution in [0.5, 0.6) is 0 Å². The molecule has 3 heterocycles. The number of fused-ring (bicyclic) bond motifs is 1. The van der Waals surface area contributed by atoms with Crippen LogP contribution in [0.15, 0.2) is 12.3 Å². The number of hydrogen-bond acceptors (Lipinski definition) is 10. The van der Waals surface area contributed by atoms with E-state index in [0.29, 0.717) is 24.1 Å². The molecule has 0 saturated heterocycles. The Kier molecular flexibility index (Phi) is 6.49. The molecule has 10 heteroatoms. The average Bonchev–Trinajstić information content (AvgIpc) is 3.15. The first-order valence-electron chi connectivity index (χ1n) is 13.3. The Morgan fingerprint density at radius 1 is 1.03 bits per heavy atom. The van der Waals surface area contributed by atoms with Gasteiger partial charge in [0.05, 0.1) is 39.4 Å². The topological polar surface area (TPSA) is 136 Å². The summed E-state index contributed by atoms with van der Waals surface area (Å²) in [6, 6.07) is 1.45. The van der Waals surface area contributed by atoms with E-state index in [1.54, 1.807) is 31.4 Å². The van der Waals surface area contributed by atoms with Crippen LogP contribution in [0.2, 0.25) is 0 Å². The van der Waals surface area contributed by atoms with Crippen LogP contribution < -0.4 is 10.6 Å². The number of aliphatic hydroxyl groups excluding tert-OH is 2. The summed E-state index contributed by atoms with van der Waals surface area (Å²) in [4.78, 5) is 18.9. The van der Waals surface area contributed by atoms with E-state index >= 15 is 0 Å². The monoisotopic (exact) mass is 540 g/mol. The molecule has 4 atom stereocenters. The van der Waals surface area contributed by atoms with Crippen molar-refractivity contribution in [1.29, 1.82) is 0 Å². The summed E-state index contributed by atoms with van der Waals surface area (Å²) in [5, 5.41) is 39.8. The normalized spacial score (nSPS) is 26.6. The molecule has 2 aliphatic rings. The first kappa shape index (κ1) is 27.2. The van der Waals surface area contributed by atoms with E-state index in [1.165, 1.54) is 0 Å². The van der Waals surface area contributed by atoms with Crippen molar-refractivity contribution in [3.05, 3.63) is 23.7 Å². The highest BCUT2D eigenvalue weighted by atomic mass is 32.1. The molecule has 38 heavy (non-hydrogen) atoms. The van der Waals surface area contributed by atoms with Gasteiger partial charge in [-0.3, -0.25) is 4.98 Å².